The molecular formula is C15H16FN3O. The summed E-state index contributed by atoms with van der Waals surface area (Å²) in [5, 5.41) is 5.13. The normalized spacial score (nSPS) is 11.8. The maximum absolute atomic E-state index is 13.4. The van der Waals surface area contributed by atoms with E-state index in [1.807, 2.05) is 19.1 Å². The minimum absolute atomic E-state index is 0.128. The molecule has 0 saturated heterocycles. The first-order valence-corrected chi connectivity index (χ1v) is 6.25. The number of carbonyl (C=O) groups excluding carboxylic acids is 1. The lowest BCUT2D eigenvalue weighted by atomic mass is 10.1. The Balaban J connectivity index is 2.11. The van der Waals surface area contributed by atoms with Crippen LogP contribution < -0.4 is 16.4 Å². The minimum atomic E-state index is -0.511. The van der Waals surface area contributed by atoms with Crippen molar-refractivity contribution in [3.63, 3.8) is 0 Å². The molecule has 5 heteroatoms. The van der Waals surface area contributed by atoms with Gasteiger partial charge in [0.15, 0.2) is 0 Å². The molecule has 2 aromatic rings. The van der Waals surface area contributed by atoms with Gasteiger partial charge in [0.2, 0.25) is 0 Å². The Morgan fingerprint density at radius 3 is 2.25 bits per heavy atom. The zero-order chi connectivity index (χ0) is 14.5. The zero-order valence-corrected chi connectivity index (χ0v) is 11.1. The highest BCUT2D eigenvalue weighted by molar-refractivity contribution is 6.00. The number of nitrogens with two attached hydrogens (primary N) is 1. The van der Waals surface area contributed by atoms with Crippen LogP contribution in [0.5, 0.6) is 0 Å². The zero-order valence-electron chi connectivity index (χ0n) is 11.1. The third-order valence-corrected chi connectivity index (χ3v) is 2.82. The number of urea groups is 1. The summed E-state index contributed by atoms with van der Waals surface area (Å²) in [7, 11) is 0. The maximum atomic E-state index is 13.4. The smallest absolute Gasteiger partial charge is 0.323 e. The maximum Gasteiger partial charge on any atom is 0.323 e. The molecule has 2 rings (SSSR count). The molecule has 2 amide bonds. The van der Waals surface area contributed by atoms with Crippen molar-refractivity contribution in [1.82, 2.24) is 0 Å². The van der Waals surface area contributed by atoms with Crippen LogP contribution in [-0.4, -0.2) is 6.03 Å². The van der Waals surface area contributed by atoms with Crippen LogP contribution in [0.2, 0.25) is 0 Å². The van der Waals surface area contributed by atoms with Gasteiger partial charge >= 0.3 is 6.03 Å². The van der Waals surface area contributed by atoms with E-state index in [1.165, 1.54) is 12.1 Å². The third-order valence-electron chi connectivity index (χ3n) is 2.82. The van der Waals surface area contributed by atoms with E-state index in [0.29, 0.717) is 5.69 Å². The van der Waals surface area contributed by atoms with Crippen molar-refractivity contribution < 1.29 is 9.18 Å². The fourth-order valence-electron chi connectivity index (χ4n) is 1.85. The monoisotopic (exact) mass is 273 g/mol. The van der Waals surface area contributed by atoms with E-state index in [2.05, 4.69) is 10.6 Å². The van der Waals surface area contributed by atoms with Crippen LogP contribution in [0.1, 0.15) is 18.5 Å². The average molecular weight is 273 g/mol. The standard InChI is InChI=1S/C15H16FN3O/c1-10(17)11-6-2-4-8-13(11)18-15(20)19-14-9-5-3-7-12(14)16/h2-10H,17H2,1H3,(H2,18,19,20). The first kappa shape index (κ1) is 14.0. The molecule has 0 aromatic heterocycles. The first-order chi connectivity index (χ1) is 9.58. The molecule has 0 bridgehead atoms. The van der Waals surface area contributed by atoms with Crippen LogP contribution in [0.3, 0.4) is 0 Å². The van der Waals surface area contributed by atoms with E-state index in [0.717, 1.165) is 5.56 Å². The Labute approximate surface area is 116 Å². The number of hydrogen-bond acceptors (Lipinski definition) is 2. The molecule has 4 nitrogen and oxygen atoms in total. The van der Waals surface area contributed by atoms with Crippen molar-refractivity contribution in [2.45, 2.75) is 13.0 Å². The molecule has 0 fully saturated rings. The summed E-state index contributed by atoms with van der Waals surface area (Å²) >= 11 is 0. The van der Waals surface area contributed by atoms with Gasteiger partial charge in [-0.3, -0.25) is 0 Å². The van der Waals surface area contributed by atoms with Crippen LogP contribution in [0.15, 0.2) is 48.5 Å². The molecule has 0 aliphatic heterocycles. The van der Waals surface area contributed by atoms with Gasteiger partial charge in [0, 0.05) is 11.7 Å². The molecule has 0 spiro atoms. The molecule has 0 heterocycles. The van der Waals surface area contributed by atoms with Crippen LogP contribution in [0.4, 0.5) is 20.6 Å². The average Bonchev–Trinajstić information content (AvgIpc) is 2.41. The second kappa shape index (κ2) is 6.16. The van der Waals surface area contributed by atoms with E-state index in [1.54, 1.807) is 24.3 Å². The topological polar surface area (TPSA) is 67.1 Å². The van der Waals surface area contributed by atoms with Crippen LogP contribution in [0, 0.1) is 5.82 Å². The van der Waals surface area contributed by atoms with E-state index in [9.17, 15) is 9.18 Å². The van der Waals surface area contributed by atoms with Gasteiger partial charge in [-0.15, -0.1) is 0 Å². The van der Waals surface area contributed by atoms with Crippen molar-refractivity contribution in [1.29, 1.82) is 0 Å². The molecule has 2 aromatic carbocycles. The summed E-state index contributed by atoms with van der Waals surface area (Å²) in [4.78, 5) is 11.9. The highest BCUT2D eigenvalue weighted by Crippen LogP contribution is 2.21. The Morgan fingerprint density at radius 2 is 1.60 bits per heavy atom. The number of benzene rings is 2. The summed E-state index contributed by atoms with van der Waals surface area (Å²) in [6.07, 6.45) is 0. The van der Waals surface area contributed by atoms with Crippen LogP contribution in [0.25, 0.3) is 0 Å². The first-order valence-electron chi connectivity index (χ1n) is 6.25. The van der Waals surface area contributed by atoms with Gasteiger partial charge < -0.3 is 16.4 Å². The fourth-order valence-corrected chi connectivity index (χ4v) is 1.85. The van der Waals surface area contributed by atoms with Crippen molar-refractivity contribution in [3.05, 3.63) is 59.9 Å². The van der Waals surface area contributed by atoms with Gasteiger partial charge in [-0.1, -0.05) is 30.3 Å². The molecule has 1 unspecified atom stereocenters. The number of anilines is 2. The van der Waals surface area contributed by atoms with Crippen molar-refractivity contribution in [2.24, 2.45) is 5.73 Å². The Kier molecular flexibility index (Phi) is 4.32. The second-order valence-electron chi connectivity index (χ2n) is 4.43. The largest absolute Gasteiger partial charge is 0.324 e. The molecule has 0 aliphatic rings. The number of hydrogen-bond donors (Lipinski definition) is 3. The van der Waals surface area contributed by atoms with Gasteiger partial charge in [-0.25, -0.2) is 9.18 Å². The predicted octanol–water partition coefficient (Wildman–Crippen LogP) is 3.49. The number of para-hydroxylation sites is 2. The van der Waals surface area contributed by atoms with Gasteiger partial charge in [0.1, 0.15) is 5.82 Å². The van der Waals surface area contributed by atoms with E-state index < -0.39 is 11.8 Å². The molecule has 0 saturated carbocycles. The lowest BCUT2D eigenvalue weighted by Crippen LogP contribution is -2.21. The molecule has 20 heavy (non-hydrogen) atoms. The van der Waals surface area contributed by atoms with E-state index in [-0.39, 0.29) is 11.7 Å². The number of rotatable bonds is 3. The number of carbonyl (C=O) groups is 1. The lowest BCUT2D eigenvalue weighted by Gasteiger charge is -2.14. The summed E-state index contributed by atoms with van der Waals surface area (Å²) in [5.74, 6) is -0.483. The van der Waals surface area contributed by atoms with E-state index in [4.69, 9.17) is 5.73 Å². The number of amides is 2. The Bertz CT molecular complexity index is 614. The van der Waals surface area contributed by atoms with Gasteiger partial charge in [0.25, 0.3) is 0 Å². The third kappa shape index (κ3) is 3.33. The van der Waals surface area contributed by atoms with Crippen LogP contribution >= 0.6 is 0 Å². The van der Waals surface area contributed by atoms with E-state index >= 15 is 0 Å². The summed E-state index contributed by atoms with van der Waals surface area (Å²) in [5.41, 5.74) is 7.39. The number of halogens is 1. The van der Waals surface area contributed by atoms with Crippen LogP contribution in [-0.2, 0) is 0 Å². The van der Waals surface area contributed by atoms with Gasteiger partial charge in [-0.2, -0.15) is 0 Å². The quantitative estimate of drug-likeness (QED) is 0.801. The SMILES string of the molecule is CC(N)c1ccccc1NC(=O)Nc1ccccc1F. The van der Waals surface area contributed by atoms with Crippen molar-refractivity contribution in [2.75, 3.05) is 10.6 Å². The van der Waals surface area contributed by atoms with Gasteiger partial charge in [-0.05, 0) is 30.7 Å². The summed E-state index contributed by atoms with van der Waals surface area (Å²) < 4.78 is 13.4. The Hall–Kier alpha value is -2.40. The lowest BCUT2D eigenvalue weighted by molar-refractivity contribution is 0.262. The summed E-state index contributed by atoms with van der Waals surface area (Å²) in [6.45, 7) is 1.83. The second-order valence-corrected chi connectivity index (χ2v) is 4.43. The van der Waals surface area contributed by atoms with Crippen molar-refractivity contribution >= 4 is 17.4 Å². The predicted molar refractivity (Wildman–Crippen MR) is 78.1 cm³/mol. The van der Waals surface area contributed by atoms with Gasteiger partial charge in [0.05, 0.1) is 5.69 Å². The fraction of sp³-hybridized carbons (Fsp3) is 0.133. The summed E-state index contributed by atoms with van der Waals surface area (Å²) in [6, 6.07) is 12.5. The highest BCUT2D eigenvalue weighted by Gasteiger charge is 2.10. The molecule has 4 N–H and O–H groups in total. The molecule has 1 atom stereocenters. The Morgan fingerprint density at radius 1 is 1.05 bits per heavy atom. The molecule has 0 aliphatic carbocycles. The minimum Gasteiger partial charge on any atom is -0.324 e. The molecule has 104 valence electrons. The molecule has 0 radical (unpaired) electrons. The van der Waals surface area contributed by atoms with Crippen molar-refractivity contribution in [3.8, 4) is 0 Å². The number of nitrogens with one attached hydrogen (secondary N) is 2. The molecular weight excluding hydrogens is 257 g/mol. The highest BCUT2D eigenvalue weighted by atomic mass is 19.1.